The van der Waals surface area contributed by atoms with Gasteiger partial charge in [-0.15, -0.1) is 6.42 Å². The number of hydrogen-bond donors (Lipinski definition) is 1. The molecule has 0 atom stereocenters. The molecule has 16 heavy (non-hydrogen) atoms. The number of terminal acetylenes is 1. The van der Waals surface area contributed by atoms with Crippen LogP contribution >= 0.6 is 15.9 Å². The van der Waals surface area contributed by atoms with Gasteiger partial charge in [-0.1, -0.05) is 5.92 Å². The lowest BCUT2D eigenvalue weighted by Gasteiger charge is -2.29. The van der Waals surface area contributed by atoms with E-state index in [4.69, 9.17) is 6.42 Å². The van der Waals surface area contributed by atoms with Crippen LogP contribution in [0.15, 0.2) is 16.6 Å². The number of amides is 1. The van der Waals surface area contributed by atoms with Gasteiger partial charge in [0.25, 0.3) is 0 Å². The van der Waals surface area contributed by atoms with Crippen LogP contribution < -0.4 is 10.2 Å². The van der Waals surface area contributed by atoms with Crippen LogP contribution in [0.25, 0.3) is 0 Å². The Morgan fingerprint density at radius 3 is 3.06 bits per heavy atom. The lowest BCUT2D eigenvalue weighted by Crippen LogP contribution is -2.38. The molecule has 1 aliphatic rings. The zero-order chi connectivity index (χ0) is 11.7. The maximum absolute atomic E-state index is 13.3. The van der Waals surface area contributed by atoms with E-state index in [2.05, 4.69) is 27.2 Å². The van der Waals surface area contributed by atoms with E-state index in [0.29, 0.717) is 16.7 Å². The van der Waals surface area contributed by atoms with Crippen molar-refractivity contribution >= 4 is 33.2 Å². The molecule has 1 N–H and O–H groups in total. The van der Waals surface area contributed by atoms with Crippen LogP contribution in [0.4, 0.5) is 15.8 Å². The predicted octanol–water partition coefficient (Wildman–Crippen LogP) is 1.98. The van der Waals surface area contributed by atoms with Crippen molar-refractivity contribution in [3.63, 3.8) is 0 Å². The van der Waals surface area contributed by atoms with Crippen LogP contribution in [0.3, 0.4) is 0 Å². The van der Waals surface area contributed by atoms with E-state index < -0.39 is 5.82 Å². The molecule has 0 saturated carbocycles. The Kier molecular flexibility index (Phi) is 2.84. The van der Waals surface area contributed by atoms with Gasteiger partial charge < -0.3 is 10.2 Å². The van der Waals surface area contributed by atoms with Gasteiger partial charge >= 0.3 is 0 Å². The first-order chi connectivity index (χ1) is 7.61. The van der Waals surface area contributed by atoms with Crippen molar-refractivity contribution in [2.75, 3.05) is 23.3 Å². The Labute approximate surface area is 101 Å². The van der Waals surface area contributed by atoms with Crippen molar-refractivity contribution in [3.8, 4) is 12.3 Å². The number of benzene rings is 1. The second-order valence-electron chi connectivity index (χ2n) is 3.39. The van der Waals surface area contributed by atoms with E-state index in [1.54, 1.807) is 11.0 Å². The van der Waals surface area contributed by atoms with E-state index in [-0.39, 0.29) is 12.5 Å². The van der Waals surface area contributed by atoms with Crippen LogP contribution in [0.2, 0.25) is 0 Å². The van der Waals surface area contributed by atoms with Gasteiger partial charge in [-0.3, -0.25) is 4.79 Å². The molecular weight excluding hydrogens is 275 g/mol. The van der Waals surface area contributed by atoms with Crippen molar-refractivity contribution < 1.29 is 9.18 Å². The Balaban J connectivity index is 2.49. The number of carbonyl (C=O) groups is 1. The molecule has 0 spiro atoms. The summed E-state index contributed by atoms with van der Waals surface area (Å²) in [6.07, 6.45) is 5.22. The second kappa shape index (κ2) is 4.14. The van der Waals surface area contributed by atoms with Crippen molar-refractivity contribution in [1.29, 1.82) is 0 Å². The third kappa shape index (κ3) is 1.89. The number of anilines is 2. The largest absolute Gasteiger partial charge is 0.349 e. The van der Waals surface area contributed by atoms with Gasteiger partial charge in [0.2, 0.25) is 5.91 Å². The zero-order valence-electron chi connectivity index (χ0n) is 8.26. The maximum Gasteiger partial charge on any atom is 0.243 e. The molecule has 1 aromatic rings. The fourth-order valence-electron chi connectivity index (χ4n) is 1.60. The molecule has 0 unspecified atom stereocenters. The summed E-state index contributed by atoms with van der Waals surface area (Å²) in [6, 6.07) is 2.89. The Hall–Kier alpha value is -1.54. The van der Waals surface area contributed by atoms with Gasteiger partial charge in [0.15, 0.2) is 0 Å². The monoisotopic (exact) mass is 282 g/mol. The molecule has 0 radical (unpaired) electrons. The minimum absolute atomic E-state index is 0.190. The highest BCUT2D eigenvalue weighted by atomic mass is 79.9. The first-order valence-electron chi connectivity index (χ1n) is 4.59. The fourth-order valence-corrected chi connectivity index (χ4v) is 1.93. The Bertz CT molecular complexity index is 495. The summed E-state index contributed by atoms with van der Waals surface area (Å²) < 4.78 is 13.6. The highest BCUT2D eigenvalue weighted by Gasteiger charge is 2.22. The molecule has 5 heteroatoms. The molecule has 1 aromatic carbocycles. The van der Waals surface area contributed by atoms with Crippen molar-refractivity contribution in [2.24, 2.45) is 0 Å². The number of rotatable bonds is 1. The SMILES string of the molecule is C#CCN1CC(=O)Nc2cc(F)c(Br)cc21. The molecule has 2 rings (SSSR count). The molecule has 0 aromatic heterocycles. The minimum Gasteiger partial charge on any atom is -0.349 e. The van der Waals surface area contributed by atoms with Crippen LogP contribution in [0.5, 0.6) is 0 Å². The summed E-state index contributed by atoms with van der Waals surface area (Å²) in [6.45, 7) is 0.508. The molecule has 1 aliphatic heterocycles. The highest BCUT2D eigenvalue weighted by molar-refractivity contribution is 9.10. The van der Waals surface area contributed by atoms with E-state index in [0.717, 1.165) is 5.69 Å². The number of halogens is 2. The van der Waals surface area contributed by atoms with Gasteiger partial charge in [-0.25, -0.2) is 4.39 Å². The van der Waals surface area contributed by atoms with Crippen molar-refractivity contribution in [1.82, 2.24) is 0 Å². The summed E-state index contributed by atoms with van der Waals surface area (Å²) >= 11 is 3.10. The average Bonchev–Trinajstić information content (AvgIpc) is 2.21. The minimum atomic E-state index is -0.415. The summed E-state index contributed by atoms with van der Waals surface area (Å²) in [7, 11) is 0. The molecule has 1 heterocycles. The van der Waals surface area contributed by atoms with E-state index in [9.17, 15) is 9.18 Å². The molecule has 1 amide bonds. The Morgan fingerprint density at radius 2 is 2.38 bits per heavy atom. The second-order valence-corrected chi connectivity index (χ2v) is 4.25. The topological polar surface area (TPSA) is 32.3 Å². The third-order valence-corrected chi connectivity index (χ3v) is 2.88. The van der Waals surface area contributed by atoms with Gasteiger partial charge in [0.05, 0.1) is 28.9 Å². The lowest BCUT2D eigenvalue weighted by atomic mass is 10.2. The number of hydrogen-bond acceptors (Lipinski definition) is 2. The first-order valence-corrected chi connectivity index (χ1v) is 5.38. The van der Waals surface area contributed by atoms with Crippen LogP contribution in [0.1, 0.15) is 0 Å². The standard InChI is InChI=1S/C11H8BrFN2O/c1-2-3-15-6-11(16)14-9-5-8(13)7(12)4-10(9)15/h1,4-5H,3,6H2,(H,14,16). The average molecular weight is 283 g/mol. The third-order valence-electron chi connectivity index (χ3n) is 2.27. The molecule has 0 saturated heterocycles. The summed E-state index contributed by atoms with van der Waals surface area (Å²) in [4.78, 5) is 13.1. The maximum atomic E-state index is 13.3. The predicted molar refractivity (Wildman–Crippen MR) is 63.8 cm³/mol. The van der Waals surface area contributed by atoms with Crippen LogP contribution in [-0.4, -0.2) is 19.0 Å². The van der Waals surface area contributed by atoms with Gasteiger partial charge in [0, 0.05) is 6.07 Å². The number of carbonyl (C=O) groups excluding carboxylic acids is 1. The van der Waals surface area contributed by atoms with Crippen molar-refractivity contribution in [3.05, 3.63) is 22.4 Å². The highest BCUT2D eigenvalue weighted by Crippen LogP contribution is 2.33. The van der Waals surface area contributed by atoms with E-state index in [1.807, 2.05) is 0 Å². The molecule has 82 valence electrons. The molecule has 0 aliphatic carbocycles. The molecular formula is C11H8BrFN2O. The van der Waals surface area contributed by atoms with Crippen LogP contribution in [-0.2, 0) is 4.79 Å². The zero-order valence-corrected chi connectivity index (χ0v) is 9.84. The van der Waals surface area contributed by atoms with Gasteiger partial charge in [-0.05, 0) is 22.0 Å². The summed E-state index contributed by atoms with van der Waals surface area (Å²) in [5.74, 6) is 1.86. The first kappa shape index (κ1) is 11.0. The van der Waals surface area contributed by atoms with Gasteiger partial charge in [0.1, 0.15) is 5.82 Å². The smallest absolute Gasteiger partial charge is 0.243 e. The Morgan fingerprint density at radius 1 is 1.62 bits per heavy atom. The molecule has 0 fully saturated rings. The summed E-state index contributed by atoms with van der Waals surface area (Å²) in [5.41, 5.74) is 1.18. The fraction of sp³-hybridized carbons (Fsp3) is 0.182. The number of nitrogens with zero attached hydrogens (tertiary/aromatic N) is 1. The number of nitrogens with one attached hydrogen (secondary N) is 1. The number of fused-ring (bicyclic) bond motifs is 1. The lowest BCUT2D eigenvalue weighted by molar-refractivity contribution is -0.115. The van der Waals surface area contributed by atoms with Gasteiger partial charge in [-0.2, -0.15) is 0 Å². The van der Waals surface area contributed by atoms with Crippen molar-refractivity contribution in [2.45, 2.75) is 0 Å². The molecule has 3 nitrogen and oxygen atoms in total. The molecule has 0 bridgehead atoms. The normalized spacial score (nSPS) is 14.1. The quantitative estimate of drug-likeness (QED) is 0.799. The summed E-state index contributed by atoms with van der Waals surface area (Å²) in [5, 5.41) is 2.61. The van der Waals surface area contributed by atoms with E-state index in [1.165, 1.54) is 6.07 Å². The van der Waals surface area contributed by atoms with Crippen LogP contribution in [0, 0.1) is 18.2 Å². The van der Waals surface area contributed by atoms with E-state index >= 15 is 0 Å².